The van der Waals surface area contributed by atoms with Crippen molar-refractivity contribution in [3.63, 3.8) is 0 Å². The Morgan fingerprint density at radius 1 is 1.08 bits per heavy atom. The van der Waals surface area contributed by atoms with Crippen LogP contribution in [0.5, 0.6) is 0 Å². The molecule has 0 N–H and O–H groups in total. The Bertz CT molecular complexity index is 979. The molecule has 0 fully saturated rings. The van der Waals surface area contributed by atoms with Crippen LogP contribution in [-0.4, -0.2) is 31.1 Å². The zero-order chi connectivity index (χ0) is 18.1. The zero-order valence-corrected chi connectivity index (χ0v) is 14.6. The van der Waals surface area contributed by atoms with E-state index in [1.54, 1.807) is 25.1 Å². The van der Waals surface area contributed by atoms with Crippen LogP contribution in [0.4, 0.5) is 4.39 Å². The van der Waals surface area contributed by atoms with E-state index in [0.717, 1.165) is 0 Å². The third-order valence-corrected chi connectivity index (χ3v) is 4.78. The van der Waals surface area contributed by atoms with Crippen LogP contribution < -0.4 is 0 Å². The van der Waals surface area contributed by atoms with Gasteiger partial charge in [-0.25, -0.2) is 19.0 Å². The van der Waals surface area contributed by atoms with E-state index in [9.17, 15) is 14.0 Å². The standard InChI is InChI=1S/C18H14FNO4S/c1-9-14(18(22)24-3)15(10-4-6-11(19)7-5-10)12-8-13(17(21)23-2)25-16(12)20-9/h4-8H,1-3H3. The molecule has 3 rings (SSSR count). The van der Waals surface area contributed by atoms with Gasteiger partial charge >= 0.3 is 11.9 Å². The van der Waals surface area contributed by atoms with Crippen molar-refractivity contribution in [3.8, 4) is 11.1 Å². The molecule has 25 heavy (non-hydrogen) atoms. The Morgan fingerprint density at radius 3 is 2.32 bits per heavy atom. The minimum Gasteiger partial charge on any atom is -0.465 e. The first-order valence-electron chi connectivity index (χ1n) is 7.33. The number of nitrogens with zero attached hydrogens (tertiary/aromatic N) is 1. The predicted molar refractivity (Wildman–Crippen MR) is 92.4 cm³/mol. The number of ether oxygens (including phenoxy) is 2. The van der Waals surface area contributed by atoms with Gasteiger partial charge in [0, 0.05) is 10.9 Å². The van der Waals surface area contributed by atoms with Crippen LogP contribution in [0, 0.1) is 12.7 Å². The van der Waals surface area contributed by atoms with E-state index in [4.69, 9.17) is 9.47 Å². The van der Waals surface area contributed by atoms with Crippen molar-refractivity contribution < 1.29 is 23.5 Å². The number of aryl methyl sites for hydroxylation is 1. The number of carbonyl (C=O) groups is 2. The first kappa shape index (κ1) is 17.0. The van der Waals surface area contributed by atoms with Crippen LogP contribution >= 0.6 is 11.3 Å². The maximum atomic E-state index is 13.3. The van der Waals surface area contributed by atoms with Gasteiger partial charge in [0.25, 0.3) is 0 Å². The molecule has 0 aliphatic carbocycles. The number of halogens is 1. The molecular weight excluding hydrogens is 345 g/mol. The van der Waals surface area contributed by atoms with Crippen LogP contribution in [0.1, 0.15) is 25.7 Å². The molecule has 1 aromatic carbocycles. The number of aromatic nitrogens is 1. The van der Waals surface area contributed by atoms with Gasteiger partial charge in [0.1, 0.15) is 15.5 Å². The van der Waals surface area contributed by atoms with Crippen molar-refractivity contribution in [1.29, 1.82) is 0 Å². The fourth-order valence-electron chi connectivity index (χ4n) is 2.64. The fraction of sp³-hybridized carbons (Fsp3) is 0.167. The molecule has 2 heterocycles. The Labute approximate surface area is 147 Å². The maximum Gasteiger partial charge on any atom is 0.348 e. The van der Waals surface area contributed by atoms with E-state index in [2.05, 4.69) is 4.98 Å². The molecule has 7 heteroatoms. The minimum absolute atomic E-state index is 0.288. The highest BCUT2D eigenvalue weighted by atomic mass is 32.1. The first-order chi connectivity index (χ1) is 12.0. The zero-order valence-electron chi connectivity index (χ0n) is 13.8. The van der Waals surface area contributed by atoms with E-state index >= 15 is 0 Å². The third-order valence-electron chi connectivity index (χ3n) is 3.77. The van der Waals surface area contributed by atoms with Gasteiger partial charge in [0.2, 0.25) is 0 Å². The fourth-order valence-corrected chi connectivity index (χ4v) is 3.64. The lowest BCUT2D eigenvalue weighted by molar-refractivity contribution is 0.0594. The van der Waals surface area contributed by atoms with Crippen LogP contribution in [0.15, 0.2) is 30.3 Å². The quantitative estimate of drug-likeness (QED) is 0.662. The number of carbonyl (C=O) groups excluding carboxylic acids is 2. The summed E-state index contributed by atoms with van der Waals surface area (Å²) in [7, 11) is 2.58. The van der Waals surface area contributed by atoms with Crippen molar-refractivity contribution >= 4 is 33.5 Å². The Balaban J connectivity index is 2.38. The topological polar surface area (TPSA) is 65.5 Å². The average Bonchev–Trinajstić information content (AvgIpc) is 3.03. The smallest absolute Gasteiger partial charge is 0.348 e. The van der Waals surface area contributed by atoms with Gasteiger partial charge in [-0.05, 0) is 30.7 Å². The molecule has 0 radical (unpaired) electrons. The second kappa shape index (κ2) is 6.60. The molecule has 0 bridgehead atoms. The number of hydrogen-bond acceptors (Lipinski definition) is 6. The summed E-state index contributed by atoms with van der Waals surface area (Å²) >= 11 is 1.17. The molecule has 0 atom stereocenters. The highest BCUT2D eigenvalue weighted by molar-refractivity contribution is 7.20. The summed E-state index contributed by atoms with van der Waals surface area (Å²) in [6.07, 6.45) is 0. The first-order valence-corrected chi connectivity index (χ1v) is 8.14. The Kier molecular flexibility index (Phi) is 4.50. The minimum atomic E-state index is -0.544. The largest absolute Gasteiger partial charge is 0.465 e. The van der Waals surface area contributed by atoms with E-state index in [1.807, 2.05) is 0 Å². The second-order valence-electron chi connectivity index (χ2n) is 5.27. The summed E-state index contributed by atoms with van der Waals surface area (Å²) in [6, 6.07) is 7.40. The number of benzene rings is 1. The summed E-state index contributed by atoms with van der Waals surface area (Å²) in [6.45, 7) is 1.69. The van der Waals surface area contributed by atoms with Gasteiger partial charge in [-0.3, -0.25) is 0 Å². The van der Waals surface area contributed by atoms with Crippen molar-refractivity contribution in [2.45, 2.75) is 6.92 Å². The normalized spacial score (nSPS) is 10.7. The highest BCUT2D eigenvalue weighted by Crippen LogP contribution is 2.37. The molecule has 0 unspecified atom stereocenters. The molecule has 0 saturated heterocycles. The van der Waals surface area contributed by atoms with Gasteiger partial charge < -0.3 is 9.47 Å². The number of methoxy groups -OCH3 is 2. The van der Waals surface area contributed by atoms with Crippen LogP contribution in [0.25, 0.3) is 21.3 Å². The number of rotatable bonds is 3. The second-order valence-corrected chi connectivity index (χ2v) is 6.30. The molecule has 0 aliphatic rings. The van der Waals surface area contributed by atoms with Crippen LogP contribution in [0.2, 0.25) is 0 Å². The van der Waals surface area contributed by atoms with Gasteiger partial charge in [-0.15, -0.1) is 11.3 Å². The lowest BCUT2D eigenvalue weighted by Crippen LogP contribution is -2.08. The average molecular weight is 359 g/mol. The number of fused-ring (bicyclic) bond motifs is 1. The number of pyridine rings is 1. The van der Waals surface area contributed by atoms with Crippen molar-refractivity contribution in [1.82, 2.24) is 4.98 Å². The van der Waals surface area contributed by atoms with Gasteiger partial charge in [-0.2, -0.15) is 0 Å². The number of esters is 2. The molecule has 2 aromatic heterocycles. The van der Waals surface area contributed by atoms with Gasteiger partial charge in [0.05, 0.1) is 25.5 Å². The molecule has 0 spiro atoms. The predicted octanol–water partition coefficient (Wildman–Crippen LogP) is 3.98. The van der Waals surface area contributed by atoms with Crippen molar-refractivity contribution in [2.24, 2.45) is 0 Å². The highest BCUT2D eigenvalue weighted by Gasteiger charge is 2.23. The van der Waals surface area contributed by atoms with E-state index in [1.165, 1.54) is 37.7 Å². The molecule has 0 amide bonds. The molecule has 128 valence electrons. The Hall–Kier alpha value is -2.80. The summed E-state index contributed by atoms with van der Waals surface area (Å²) < 4.78 is 23.0. The number of thiophene rings is 1. The van der Waals surface area contributed by atoms with Gasteiger partial charge in [-0.1, -0.05) is 12.1 Å². The lowest BCUT2D eigenvalue weighted by Gasteiger charge is -2.12. The lowest BCUT2D eigenvalue weighted by atomic mass is 9.96. The van der Waals surface area contributed by atoms with Crippen LogP contribution in [-0.2, 0) is 9.47 Å². The third kappa shape index (κ3) is 2.98. The summed E-state index contributed by atoms with van der Waals surface area (Å²) in [4.78, 5) is 29.5. The summed E-state index contributed by atoms with van der Waals surface area (Å²) in [5.74, 6) is -1.41. The monoisotopic (exact) mass is 359 g/mol. The number of hydrogen-bond donors (Lipinski definition) is 0. The van der Waals surface area contributed by atoms with E-state index < -0.39 is 11.9 Å². The van der Waals surface area contributed by atoms with Gasteiger partial charge in [0.15, 0.2) is 0 Å². The summed E-state index contributed by atoms with van der Waals surface area (Å²) in [5.41, 5.74) is 1.94. The molecule has 0 saturated carbocycles. The Morgan fingerprint density at radius 2 is 1.72 bits per heavy atom. The summed E-state index contributed by atoms with van der Waals surface area (Å²) in [5, 5.41) is 0.614. The maximum absolute atomic E-state index is 13.3. The molecular formula is C18H14FNO4S. The van der Waals surface area contributed by atoms with E-state index in [-0.39, 0.29) is 11.4 Å². The molecule has 5 nitrogen and oxygen atoms in total. The van der Waals surface area contributed by atoms with Crippen molar-refractivity contribution in [3.05, 3.63) is 52.3 Å². The van der Waals surface area contributed by atoms with Crippen LogP contribution in [0.3, 0.4) is 0 Å². The van der Waals surface area contributed by atoms with Crippen molar-refractivity contribution in [2.75, 3.05) is 14.2 Å². The molecule has 3 aromatic rings. The SMILES string of the molecule is COC(=O)c1cc2c(-c3ccc(F)cc3)c(C(=O)OC)c(C)nc2s1. The van der Waals surface area contributed by atoms with E-state index in [0.29, 0.717) is 31.9 Å². The molecule has 0 aliphatic heterocycles.